The highest BCUT2D eigenvalue weighted by Crippen LogP contribution is 2.09. The maximum absolute atomic E-state index is 11.3. The number of anilines is 1. The van der Waals surface area contributed by atoms with E-state index < -0.39 is 10.0 Å². The van der Waals surface area contributed by atoms with Gasteiger partial charge in [0, 0.05) is 12.6 Å². The molecule has 1 aromatic heterocycles. The lowest BCUT2D eigenvalue weighted by Crippen LogP contribution is -2.14. The third kappa shape index (κ3) is 4.40. The van der Waals surface area contributed by atoms with Gasteiger partial charge in [0.15, 0.2) is 0 Å². The molecule has 1 aromatic carbocycles. The minimum absolute atomic E-state index is 0.0890. The minimum atomic E-state index is -3.66. The zero-order valence-electron chi connectivity index (χ0n) is 11.5. The zero-order valence-corrected chi connectivity index (χ0v) is 12.3. The van der Waals surface area contributed by atoms with E-state index in [1.807, 2.05) is 0 Å². The summed E-state index contributed by atoms with van der Waals surface area (Å²) in [5.41, 5.74) is 0.749. The summed E-state index contributed by atoms with van der Waals surface area (Å²) in [6, 6.07) is 7.74. The summed E-state index contributed by atoms with van der Waals surface area (Å²) in [5.74, 6) is 1.06. The molecule has 0 fully saturated rings. The molecule has 0 radical (unpaired) electrons. The predicted octanol–water partition coefficient (Wildman–Crippen LogP) is 0.380. The van der Waals surface area contributed by atoms with Gasteiger partial charge in [0.25, 0.3) is 5.56 Å². The fraction of sp³-hybridized carbons (Fsp3) is 0.231. The standard InChI is InChI=1S/C13H16N4O3S/c1-9-16-12(8-13(18)17-9)15-7-6-10-2-4-11(5-3-10)21(14,19)20/h2-5,8H,6-7H2,1H3,(H2,14,19,20)(H2,15,16,17,18). The number of nitrogens with zero attached hydrogens (tertiary/aromatic N) is 1. The van der Waals surface area contributed by atoms with Crippen LogP contribution >= 0.6 is 0 Å². The van der Waals surface area contributed by atoms with Crippen molar-refractivity contribution in [3.05, 3.63) is 52.1 Å². The number of benzene rings is 1. The average molecular weight is 308 g/mol. The lowest BCUT2D eigenvalue weighted by molar-refractivity contribution is 0.598. The van der Waals surface area contributed by atoms with Gasteiger partial charge in [-0.05, 0) is 31.0 Å². The Morgan fingerprint density at radius 3 is 2.52 bits per heavy atom. The molecule has 0 bridgehead atoms. The monoisotopic (exact) mass is 308 g/mol. The van der Waals surface area contributed by atoms with Crippen LogP contribution < -0.4 is 16.0 Å². The van der Waals surface area contributed by atoms with Gasteiger partial charge in [-0.3, -0.25) is 4.79 Å². The van der Waals surface area contributed by atoms with E-state index in [9.17, 15) is 13.2 Å². The first-order valence-corrected chi connectivity index (χ1v) is 7.83. The molecule has 0 saturated carbocycles. The lowest BCUT2D eigenvalue weighted by atomic mass is 10.1. The molecule has 0 unspecified atom stereocenters. The van der Waals surface area contributed by atoms with Gasteiger partial charge in [0.05, 0.1) is 4.90 Å². The van der Waals surface area contributed by atoms with Gasteiger partial charge in [0.2, 0.25) is 10.0 Å². The van der Waals surface area contributed by atoms with Crippen LogP contribution in [0.2, 0.25) is 0 Å². The predicted molar refractivity (Wildman–Crippen MR) is 79.6 cm³/mol. The summed E-state index contributed by atoms with van der Waals surface area (Å²) in [6.07, 6.45) is 0.665. The van der Waals surface area contributed by atoms with Crippen molar-refractivity contribution in [2.45, 2.75) is 18.2 Å². The number of rotatable bonds is 5. The number of primary sulfonamides is 1. The van der Waals surface area contributed by atoms with Crippen LogP contribution in [-0.4, -0.2) is 24.9 Å². The molecule has 7 nitrogen and oxygen atoms in total. The molecular formula is C13H16N4O3S. The van der Waals surface area contributed by atoms with Gasteiger partial charge in [0.1, 0.15) is 11.6 Å². The average Bonchev–Trinajstić information content (AvgIpc) is 2.37. The van der Waals surface area contributed by atoms with E-state index in [1.54, 1.807) is 19.1 Å². The second-order valence-electron chi connectivity index (χ2n) is 4.58. The van der Waals surface area contributed by atoms with E-state index in [4.69, 9.17) is 5.14 Å². The van der Waals surface area contributed by atoms with Crippen molar-refractivity contribution in [1.82, 2.24) is 9.97 Å². The summed E-state index contributed by atoms with van der Waals surface area (Å²) in [6.45, 7) is 2.28. The van der Waals surface area contributed by atoms with Crippen LogP contribution in [0.4, 0.5) is 5.82 Å². The van der Waals surface area contributed by atoms with E-state index in [0.717, 1.165) is 5.56 Å². The summed E-state index contributed by atoms with van der Waals surface area (Å²) in [4.78, 5) is 18.1. The Labute approximate surface area is 122 Å². The zero-order chi connectivity index (χ0) is 15.5. The van der Waals surface area contributed by atoms with Gasteiger partial charge in [-0.1, -0.05) is 12.1 Å². The number of hydrogen-bond donors (Lipinski definition) is 3. The summed E-state index contributed by atoms with van der Waals surface area (Å²) in [5, 5.41) is 8.08. The Bertz CT molecular complexity index is 782. The molecule has 2 rings (SSSR count). The molecule has 4 N–H and O–H groups in total. The van der Waals surface area contributed by atoms with E-state index in [2.05, 4.69) is 15.3 Å². The molecule has 0 aliphatic carbocycles. The van der Waals surface area contributed by atoms with Gasteiger partial charge in [-0.2, -0.15) is 0 Å². The highest BCUT2D eigenvalue weighted by Gasteiger charge is 2.06. The SMILES string of the molecule is Cc1nc(NCCc2ccc(S(N)(=O)=O)cc2)cc(=O)[nH]1. The normalized spacial score (nSPS) is 11.3. The fourth-order valence-corrected chi connectivity index (χ4v) is 2.37. The second-order valence-corrected chi connectivity index (χ2v) is 6.14. The number of aromatic amines is 1. The quantitative estimate of drug-likeness (QED) is 0.738. The highest BCUT2D eigenvalue weighted by atomic mass is 32.2. The molecule has 0 amide bonds. The summed E-state index contributed by atoms with van der Waals surface area (Å²) in [7, 11) is -3.66. The van der Waals surface area contributed by atoms with Crippen molar-refractivity contribution < 1.29 is 8.42 Å². The Kier molecular flexibility index (Phi) is 4.39. The van der Waals surface area contributed by atoms with Crippen LogP contribution in [0, 0.1) is 6.92 Å². The van der Waals surface area contributed by atoms with Gasteiger partial charge in [-0.15, -0.1) is 0 Å². The van der Waals surface area contributed by atoms with Gasteiger partial charge >= 0.3 is 0 Å². The van der Waals surface area contributed by atoms with Crippen molar-refractivity contribution in [1.29, 1.82) is 0 Å². The van der Waals surface area contributed by atoms with E-state index >= 15 is 0 Å². The molecule has 1 heterocycles. The third-order valence-corrected chi connectivity index (χ3v) is 3.76. The Balaban J connectivity index is 1.96. The van der Waals surface area contributed by atoms with Crippen LogP contribution in [0.25, 0.3) is 0 Å². The van der Waals surface area contributed by atoms with Crippen LogP contribution in [0.3, 0.4) is 0 Å². The van der Waals surface area contributed by atoms with Gasteiger partial charge in [-0.25, -0.2) is 18.5 Å². The number of nitrogens with one attached hydrogen (secondary N) is 2. The number of nitrogens with two attached hydrogens (primary N) is 1. The Morgan fingerprint density at radius 1 is 1.29 bits per heavy atom. The molecule has 112 valence electrons. The van der Waals surface area contributed by atoms with Crippen molar-refractivity contribution in [3.63, 3.8) is 0 Å². The molecule has 0 spiro atoms. The highest BCUT2D eigenvalue weighted by molar-refractivity contribution is 7.89. The number of aryl methyl sites for hydroxylation is 1. The second kappa shape index (κ2) is 6.06. The molecule has 2 aromatic rings. The van der Waals surface area contributed by atoms with Crippen molar-refractivity contribution in [2.75, 3.05) is 11.9 Å². The largest absolute Gasteiger partial charge is 0.370 e. The first-order valence-electron chi connectivity index (χ1n) is 6.28. The first kappa shape index (κ1) is 15.2. The first-order chi connectivity index (χ1) is 9.84. The molecule has 0 atom stereocenters. The maximum Gasteiger partial charge on any atom is 0.252 e. The minimum Gasteiger partial charge on any atom is -0.370 e. The molecular weight excluding hydrogens is 292 g/mol. The summed E-state index contributed by atoms with van der Waals surface area (Å²) < 4.78 is 22.3. The third-order valence-electron chi connectivity index (χ3n) is 2.83. The van der Waals surface area contributed by atoms with Crippen LogP contribution in [0.15, 0.2) is 40.0 Å². The van der Waals surface area contributed by atoms with Crippen molar-refractivity contribution in [3.8, 4) is 0 Å². The Morgan fingerprint density at radius 2 is 1.95 bits per heavy atom. The van der Waals surface area contributed by atoms with Gasteiger partial charge < -0.3 is 10.3 Å². The van der Waals surface area contributed by atoms with Crippen LogP contribution in [-0.2, 0) is 16.4 Å². The van der Waals surface area contributed by atoms with Crippen LogP contribution in [0.5, 0.6) is 0 Å². The number of aromatic nitrogens is 2. The molecule has 0 aliphatic heterocycles. The molecule has 0 aliphatic rings. The summed E-state index contributed by atoms with van der Waals surface area (Å²) >= 11 is 0. The molecule has 0 saturated heterocycles. The Hall–Kier alpha value is -2.19. The number of H-pyrrole nitrogens is 1. The fourth-order valence-electron chi connectivity index (χ4n) is 1.85. The molecule has 21 heavy (non-hydrogen) atoms. The van der Waals surface area contributed by atoms with Crippen molar-refractivity contribution >= 4 is 15.8 Å². The van der Waals surface area contributed by atoms with E-state index in [0.29, 0.717) is 24.6 Å². The number of sulfonamides is 1. The molecule has 8 heteroatoms. The van der Waals surface area contributed by atoms with E-state index in [-0.39, 0.29) is 10.5 Å². The van der Waals surface area contributed by atoms with E-state index in [1.165, 1.54) is 18.2 Å². The maximum atomic E-state index is 11.3. The topological polar surface area (TPSA) is 118 Å². The van der Waals surface area contributed by atoms with Crippen LogP contribution in [0.1, 0.15) is 11.4 Å². The van der Waals surface area contributed by atoms with Crippen molar-refractivity contribution in [2.24, 2.45) is 5.14 Å². The number of hydrogen-bond acceptors (Lipinski definition) is 5. The smallest absolute Gasteiger partial charge is 0.252 e. The lowest BCUT2D eigenvalue weighted by Gasteiger charge is -2.06.